The second-order valence-electron chi connectivity index (χ2n) is 3.64. The summed E-state index contributed by atoms with van der Waals surface area (Å²) in [7, 11) is 0. The van der Waals surface area contributed by atoms with Crippen molar-refractivity contribution in [2.75, 3.05) is 5.32 Å². The molecule has 8 heteroatoms. The third-order valence-corrected chi connectivity index (χ3v) is 2.60. The summed E-state index contributed by atoms with van der Waals surface area (Å²) in [6, 6.07) is 3.64. The molecule has 19 heavy (non-hydrogen) atoms. The van der Waals surface area contributed by atoms with Crippen LogP contribution >= 0.6 is 11.6 Å². The molecule has 3 aromatic rings. The Morgan fingerprint density at radius 2 is 2.32 bits per heavy atom. The third kappa shape index (κ3) is 2.21. The SMILES string of the molecule is [C-]#[N+]c1nc2nc(Cl)nc(NCc3ccco3)c2[nH]1. The van der Waals surface area contributed by atoms with Gasteiger partial charge in [-0.2, -0.15) is 9.97 Å². The molecule has 3 aromatic heterocycles. The largest absolute Gasteiger partial charge is 0.467 e. The lowest BCUT2D eigenvalue weighted by Crippen LogP contribution is -2.02. The summed E-state index contributed by atoms with van der Waals surface area (Å²) in [5.74, 6) is 1.38. The Morgan fingerprint density at radius 1 is 1.42 bits per heavy atom. The van der Waals surface area contributed by atoms with Crippen molar-refractivity contribution in [3.8, 4) is 0 Å². The number of imidazole rings is 1. The normalized spacial score (nSPS) is 10.5. The number of H-pyrrole nitrogens is 1. The number of rotatable bonds is 3. The van der Waals surface area contributed by atoms with Gasteiger partial charge in [0.05, 0.1) is 12.8 Å². The molecule has 0 amide bonds. The molecule has 0 unspecified atom stereocenters. The minimum Gasteiger partial charge on any atom is -0.467 e. The van der Waals surface area contributed by atoms with Crippen molar-refractivity contribution in [2.45, 2.75) is 6.54 Å². The number of nitrogens with zero attached hydrogens (tertiary/aromatic N) is 4. The van der Waals surface area contributed by atoms with Crippen LogP contribution in [0.4, 0.5) is 11.8 Å². The van der Waals surface area contributed by atoms with Gasteiger partial charge < -0.3 is 14.6 Å². The summed E-state index contributed by atoms with van der Waals surface area (Å²) >= 11 is 5.82. The minimum atomic E-state index is 0.0671. The van der Waals surface area contributed by atoms with Gasteiger partial charge in [0.1, 0.15) is 5.76 Å². The maximum atomic E-state index is 6.93. The van der Waals surface area contributed by atoms with Gasteiger partial charge in [-0.1, -0.05) is 0 Å². The van der Waals surface area contributed by atoms with Crippen molar-refractivity contribution in [1.82, 2.24) is 19.9 Å². The zero-order valence-corrected chi connectivity index (χ0v) is 10.3. The van der Waals surface area contributed by atoms with Crippen molar-refractivity contribution in [3.63, 3.8) is 0 Å². The van der Waals surface area contributed by atoms with Crippen LogP contribution < -0.4 is 5.32 Å². The van der Waals surface area contributed by atoms with Gasteiger partial charge in [-0.25, -0.2) is 0 Å². The van der Waals surface area contributed by atoms with Gasteiger partial charge in [0, 0.05) is 0 Å². The fourth-order valence-corrected chi connectivity index (χ4v) is 1.79. The fourth-order valence-electron chi connectivity index (χ4n) is 1.62. The molecule has 0 aliphatic carbocycles. The molecule has 0 aliphatic heterocycles. The summed E-state index contributed by atoms with van der Waals surface area (Å²) in [5.41, 5.74) is 0.898. The molecule has 0 aliphatic rings. The van der Waals surface area contributed by atoms with E-state index in [1.165, 1.54) is 0 Å². The fraction of sp³-hybridized carbons (Fsp3) is 0.0909. The third-order valence-electron chi connectivity index (χ3n) is 2.43. The first-order chi connectivity index (χ1) is 9.26. The lowest BCUT2D eigenvalue weighted by molar-refractivity contribution is 0.518. The number of nitrogens with one attached hydrogen (secondary N) is 2. The van der Waals surface area contributed by atoms with Crippen molar-refractivity contribution >= 4 is 34.5 Å². The van der Waals surface area contributed by atoms with Gasteiger partial charge in [0.2, 0.25) is 5.28 Å². The van der Waals surface area contributed by atoms with Crippen molar-refractivity contribution in [3.05, 3.63) is 40.9 Å². The number of fused-ring (bicyclic) bond motifs is 1. The van der Waals surface area contributed by atoms with E-state index in [9.17, 15) is 0 Å². The van der Waals surface area contributed by atoms with E-state index in [0.717, 1.165) is 5.76 Å². The zero-order chi connectivity index (χ0) is 13.2. The summed E-state index contributed by atoms with van der Waals surface area (Å²) in [4.78, 5) is 18.1. The quantitative estimate of drug-likeness (QED) is 0.567. The van der Waals surface area contributed by atoms with Crippen molar-refractivity contribution in [1.29, 1.82) is 0 Å². The Labute approximate surface area is 112 Å². The minimum absolute atomic E-state index is 0.0671. The Morgan fingerprint density at radius 3 is 3.05 bits per heavy atom. The molecule has 0 saturated carbocycles. The molecule has 0 saturated heterocycles. The van der Waals surface area contributed by atoms with Gasteiger partial charge >= 0.3 is 5.95 Å². The highest BCUT2D eigenvalue weighted by atomic mass is 35.5. The molecule has 0 radical (unpaired) electrons. The maximum absolute atomic E-state index is 6.93. The molecule has 0 bridgehead atoms. The number of hydrogen-bond donors (Lipinski definition) is 2. The van der Waals surface area contributed by atoms with E-state index >= 15 is 0 Å². The van der Waals surface area contributed by atoms with Crippen molar-refractivity contribution in [2.24, 2.45) is 0 Å². The second kappa shape index (κ2) is 4.59. The Balaban J connectivity index is 1.97. The Kier molecular flexibility index (Phi) is 2.78. The molecular formula is C11H7ClN6O. The van der Waals surface area contributed by atoms with Gasteiger partial charge in [-0.05, 0) is 23.7 Å². The number of aromatic nitrogens is 4. The summed E-state index contributed by atoms with van der Waals surface area (Å²) in [6.07, 6.45) is 1.59. The number of aromatic amines is 1. The average Bonchev–Trinajstić information content (AvgIpc) is 3.04. The average molecular weight is 275 g/mol. The molecular weight excluding hydrogens is 268 g/mol. The molecule has 0 spiro atoms. The molecule has 7 nitrogen and oxygen atoms in total. The maximum Gasteiger partial charge on any atom is 0.338 e. The van der Waals surface area contributed by atoms with E-state index in [0.29, 0.717) is 23.5 Å². The number of anilines is 1. The van der Waals surface area contributed by atoms with Gasteiger partial charge in [0.25, 0.3) is 5.65 Å². The molecule has 3 rings (SSSR count). The van der Waals surface area contributed by atoms with E-state index in [4.69, 9.17) is 22.6 Å². The standard InChI is InChI=1S/C11H7ClN6O/c1-13-11-15-7-8(14-5-6-3-2-4-19-6)16-10(12)17-9(7)18-11/h2-4H,5H2,(H2,14,15,16,17,18). The molecule has 94 valence electrons. The van der Waals surface area contributed by atoms with Gasteiger partial charge in [0.15, 0.2) is 11.3 Å². The van der Waals surface area contributed by atoms with Crippen LogP contribution in [0.1, 0.15) is 5.76 Å². The van der Waals surface area contributed by atoms with Crippen LogP contribution in [0.2, 0.25) is 5.28 Å². The first-order valence-electron chi connectivity index (χ1n) is 5.33. The monoisotopic (exact) mass is 274 g/mol. The van der Waals surface area contributed by atoms with Gasteiger partial charge in [-0.15, -0.1) is 11.6 Å². The predicted molar refractivity (Wildman–Crippen MR) is 69.0 cm³/mol. The highest BCUT2D eigenvalue weighted by Gasteiger charge is 2.14. The van der Waals surface area contributed by atoms with E-state index in [-0.39, 0.29) is 11.2 Å². The lowest BCUT2D eigenvalue weighted by Gasteiger charge is -2.03. The van der Waals surface area contributed by atoms with Crippen LogP contribution in [-0.4, -0.2) is 19.9 Å². The van der Waals surface area contributed by atoms with E-state index in [1.54, 1.807) is 12.3 Å². The summed E-state index contributed by atoms with van der Waals surface area (Å²) in [5, 5.41) is 3.13. The zero-order valence-electron chi connectivity index (χ0n) is 9.51. The molecule has 2 N–H and O–H groups in total. The van der Waals surface area contributed by atoms with Crippen LogP contribution in [-0.2, 0) is 6.54 Å². The van der Waals surface area contributed by atoms with Crippen LogP contribution in [0.3, 0.4) is 0 Å². The van der Waals surface area contributed by atoms with E-state index < -0.39 is 0 Å². The van der Waals surface area contributed by atoms with Crippen LogP contribution in [0.5, 0.6) is 0 Å². The predicted octanol–water partition coefficient (Wildman–Crippen LogP) is 2.76. The van der Waals surface area contributed by atoms with Crippen LogP contribution in [0, 0.1) is 6.57 Å². The lowest BCUT2D eigenvalue weighted by atomic mass is 10.4. The van der Waals surface area contributed by atoms with Gasteiger partial charge in [-0.3, -0.25) is 4.98 Å². The smallest absolute Gasteiger partial charge is 0.338 e. The van der Waals surface area contributed by atoms with E-state index in [2.05, 4.69) is 30.1 Å². The van der Waals surface area contributed by atoms with Crippen molar-refractivity contribution < 1.29 is 4.42 Å². The highest BCUT2D eigenvalue weighted by molar-refractivity contribution is 6.28. The topological polar surface area (TPSA) is 84.0 Å². The Hall–Kier alpha value is -2.59. The molecule has 3 heterocycles. The molecule has 0 atom stereocenters. The summed E-state index contributed by atoms with van der Waals surface area (Å²) < 4.78 is 5.21. The van der Waals surface area contributed by atoms with Crippen LogP contribution in [0.25, 0.3) is 16.0 Å². The first-order valence-corrected chi connectivity index (χ1v) is 5.71. The number of hydrogen-bond acceptors (Lipinski definition) is 5. The Bertz CT molecular complexity index is 757. The second-order valence-corrected chi connectivity index (χ2v) is 3.98. The highest BCUT2D eigenvalue weighted by Crippen LogP contribution is 2.23. The van der Waals surface area contributed by atoms with Crippen LogP contribution in [0.15, 0.2) is 22.8 Å². The molecule has 0 aromatic carbocycles. The number of halogens is 1. The summed E-state index contributed by atoms with van der Waals surface area (Å²) in [6.45, 7) is 7.38. The van der Waals surface area contributed by atoms with E-state index in [1.807, 2.05) is 6.07 Å². The first kappa shape index (κ1) is 11.5. The number of furan rings is 1. The molecule has 0 fully saturated rings.